The fourth-order valence-corrected chi connectivity index (χ4v) is 1.50. The van der Waals surface area contributed by atoms with Crippen LogP contribution in [0.25, 0.3) is 0 Å². The second-order valence-electron chi connectivity index (χ2n) is 3.97. The second kappa shape index (κ2) is 7.75. The van der Waals surface area contributed by atoms with Crippen molar-refractivity contribution in [2.75, 3.05) is 25.1 Å². The molecule has 2 amide bonds. The van der Waals surface area contributed by atoms with E-state index < -0.39 is 6.29 Å². The number of carbonyl (C=O) groups is 1. The maximum Gasteiger partial charge on any atom is 0.320 e. The van der Waals surface area contributed by atoms with Crippen molar-refractivity contribution in [3.05, 3.63) is 11.8 Å². The lowest BCUT2D eigenvalue weighted by Crippen LogP contribution is -2.37. The van der Waals surface area contributed by atoms with Crippen molar-refractivity contribution in [3.8, 4) is 0 Å². The van der Waals surface area contributed by atoms with Crippen LogP contribution in [0.4, 0.5) is 10.6 Å². The Labute approximate surface area is 113 Å². The van der Waals surface area contributed by atoms with Crippen LogP contribution in [0.1, 0.15) is 19.5 Å². The van der Waals surface area contributed by atoms with Crippen LogP contribution in [0.2, 0.25) is 0 Å². The van der Waals surface area contributed by atoms with Gasteiger partial charge in [-0.1, -0.05) is 0 Å². The number of aromatic nitrogens is 2. The first-order valence-electron chi connectivity index (χ1n) is 6.35. The van der Waals surface area contributed by atoms with E-state index in [2.05, 4.69) is 15.7 Å². The first kappa shape index (κ1) is 15.5. The van der Waals surface area contributed by atoms with Gasteiger partial charge in [-0.3, -0.25) is 10.00 Å². The van der Waals surface area contributed by atoms with Crippen molar-refractivity contribution in [2.24, 2.45) is 7.05 Å². The number of nitrogens with one attached hydrogen (secondary N) is 2. The van der Waals surface area contributed by atoms with Gasteiger partial charge in [-0.15, -0.1) is 0 Å². The van der Waals surface area contributed by atoms with Crippen LogP contribution < -0.4 is 10.6 Å². The van der Waals surface area contributed by atoms with Crippen LogP contribution in [0, 0.1) is 6.92 Å². The third-order valence-corrected chi connectivity index (χ3v) is 2.49. The molecule has 1 heterocycles. The molecule has 19 heavy (non-hydrogen) atoms. The Hall–Kier alpha value is -1.60. The molecule has 7 nitrogen and oxygen atoms in total. The molecule has 7 heteroatoms. The van der Waals surface area contributed by atoms with Gasteiger partial charge in [-0.2, -0.15) is 5.10 Å². The van der Waals surface area contributed by atoms with Crippen LogP contribution >= 0.6 is 0 Å². The lowest BCUT2D eigenvalue weighted by atomic mass is 10.4. The van der Waals surface area contributed by atoms with Gasteiger partial charge in [0.1, 0.15) is 0 Å². The van der Waals surface area contributed by atoms with Crippen LogP contribution in [0.3, 0.4) is 0 Å². The Morgan fingerprint density at radius 3 is 2.53 bits per heavy atom. The van der Waals surface area contributed by atoms with Gasteiger partial charge in [0.05, 0.1) is 6.54 Å². The van der Waals surface area contributed by atoms with Crippen molar-refractivity contribution in [1.29, 1.82) is 0 Å². The normalized spacial score (nSPS) is 10.8. The third-order valence-electron chi connectivity index (χ3n) is 2.49. The maximum absolute atomic E-state index is 11.7. The van der Waals surface area contributed by atoms with Crippen molar-refractivity contribution >= 4 is 11.8 Å². The minimum Gasteiger partial charge on any atom is -0.351 e. The van der Waals surface area contributed by atoms with Gasteiger partial charge in [0.25, 0.3) is 0 Å². The van der Waals surface area contributed by atoms with E-state index in [0.29, 0.717) is 25.6 Å². The van der Waals surface area contributed by atoms with E-state index in [-0.39, 0.29) is 6.03 Å². The van der Waals surface area contributed by atoms with E-state index in [9.17, 15) is 4.79 Å². The van der Waals surface area contributed by atoms with Gasteiger partial charge in [0.2, 0.25) is 0 Å². The second-order valence-corrected chi connectivity index (χ2v) is 3.97. The quantitative estimate of drug-likeness (QED) is 0.731. The van der Waals surface area contributed by atoms with E-state index >= 15 is 0 Å². The molecule has 0 fully saturated rings. The fourth-order valence-electron chi connectivity index (χ4n) is 1.50. The summed E-state index contributed by atoms with van der Waals surface area (Å²) in [4.78, 5) is 11.7. The van der Waals surface area contributed by atoms with Crippen molar-refractivity contribution in [1.82, 2.24) is 15.1 Å². The van der Waals surface area contributed by atoms with Crippen molar-refractivity contribution in [2.45, 2.75) is 27.1 Å². The number of aryl methyl sites for hydroxylation is 2. The molecule has 0 aliphatic heterocycles. The SMILES string of the molecule is CCOC(CNC(=O)Nc1cc(C)n(C)n1)OCC. The first-order chi connectivity index (χ1) is 9.06. The molecule has 0 bridgehead atoms. The molecule has 0 unspecified atom stereocenters. The van der Waals surface area contributed by atoms with E-state index in [4.69, 9.17) is 9.47 Å². The third kappa shape index (κ3) is 5.27. The number of amides is 2. The Morgan fingerprint density at radius 2 is 2.05 bits per heavy atom. The van der Waals surface area contributed by atoms with Crippen molar-refractivity contribution < 1.29 is 14.3 Å². The number of ether oxygens (including phenoxy) is 2. The van der Waals surface area contributed by atoms with Crippen LogP contribution in [-0.4, -0.2) is 41.9 Å². The number of nitrogens with zero attached hydrogens (tertiary/aromatic N) is 2. The van der Waals surface area contributed by atoms with E-state index in [1.54, 1.807) is 10.7 Å². The van der Waals surface area contributed by atoms with Gasteiger partial charge in [-0.05, 0) is 20.8 Å². The summed E-state index contributed by atoms with van der Waals surface area (Å²) in [5.41, 5.74) is 0.969. The molecule has 0 saturated carbocycles. The summed E-state index contributed by atoms with van der Waals surface area (Å²) >= 11 is 0. The predicted octanol–water partition coefficient (Wildman–Crippen LogP) is 1.25. The zero-order valence-electron chi connectivity index (χ0n) is 11.9. The summed E-state index contributed by atoms with van der Waals surface area (Å²) < 4.78 is 12.3. The van der Waals surface area contributed by atoms with Gasteiger partial charge >= 0.3 is 6.03 Å². The molecule has 0 saturated heterocycles. The minimum absolute atomic E-state index is 0.291. The summed E-state index contributed by atoms with van der Waals surface area (Å²) in [6.45, 7) is 7.03. The van der Waals surface area contributed by atoms with E-state index in [1.807, 2.05) is 27.8 Å². The topological polar surface area (TPSA) is 77.4 Å². The van der Waals surface area contributed by atoms with Gasteiger partial charge in [0, 0.05) is 32.0 Å². The zero-order valence-corrected chi connectivity index (χ0v) is 11.9. The molecule has 2 N–H and O–H groups in total. The monoisotopic (exact) mass is 270 g/mol. The van der Waals surface area contributed by atoms with E-state index in [1.165, 1.54) is 0 Å². The molecule has 0 aliphatic carbocycles. The lowest BCUT2D eigenvalue weighted by molar-refractivity contribution is -0.131. The number of hydrogen-bond donors (Lipinski definition) is 2. The largest absolute Gasteiger partial charge is 0.351 e. The highest BCUT2D eigenvalue weighted by Gasteiger charge is 2.11. The molecule has 108 valence electrons. The number of rotatable bonds is 7. The van der Waals surface area contributed by atoms with Crippen LogP contribution in [-0.2, 0) is 16.5 Å². The summed E-state index contributed by atoms with van der Waals surface area (Å²) in [7, 11) is 1.82. The van der Waals surface area contributed by atoms with Crippen LogP contribution in [0.5, 0.6) is 0 Å². The summed E-state index contributed by atoms with van der Waals surface area (Å²) in [5, 5.41) is 9.46. The highest BCUT2D eigenvalue weighted by atomic mass is 16.7. The number of hydrogen-bond acceptors (Lipinski definition) is 4. The molecular formula is C12H22N4O3. The summed E-state index contributed by atoms with van der Waals surface area (Å²) in [6.07, 6.45) is -0.425. The van der Waals surface area contributed by atoms with Gasteiger partial charge < -0.3 is 14.8 Å². The molecule has 0 aliphatic rings. The average molecular weight is 270 g/mol. The number of carbonyl (C=O) groups excluding carboxylic acids is 1. The van der Waals surface area contributed by atoms with E-state index in [0.717, 1.165) is 5.69 Å². The highest BCUT2D eigenvalue weighted by molar-refractivity contribution is 5.88. The van der Waals surface area contributed by atoms with Gasteiger partial charge in [0.15, 0.2) is 12.1 Å². The average Bonchev–Trinajstić information content (AvgIpc) is 2.66. The minimum atomic E-state index is -0.425. The smallest absolute Gasteiger partial charge is 0.320 e. The molecular weight excluding hydrogens is 248 g/mol. The fraction of sp³-hybridized carbons (Fsp3) is 0.667. The molecule has 0 atom stereocenters. The Morgan fingerprint density at radius 1 is 1.42 bits per heavy atom. The molecule has 0 spiro atoms. The highest BCUT2D eigenvalue weighted by Crippen LogP contribution is 2.06. The lowest BCUT2D eigenvalue weighted by Gasteiger charge is -2.17. The molecule has 0 radical (unpaired) electrons. The molecule has 0 aromatic carbocycles. The maximum atomic E-state index is 11.7. The zero-order chi connectivity index (χ0) is 14.3. The number of urea groups is 1. The van der Waals surface area contributed by atoms with Crippen LogP contribution in [0.15, 0.2) is 6.07 Å². The molecule has 1 aromatic heterocycles. The molecule has 1 rings (SSSR count). The predicted molar refractivity (Wildman–Crippen MR) is 72.0 cm³/mol. The van der Waals surface area contributed by atoms with Crippen molar-refractivity contribution in [3.63, 3.8) is 0 Å². The number of anilines is 1. The summed E-state index contributed by atoms with van der Waals surface area (Å²) in [5.74, 6) is 0.516. The Kier molecular flexibility index (Phi) is 6.31. The standard InChI is InChI=1S/C12H22N4O3/c1-5-18-11(19-6-2)8-13-12(17)14-10-7-9(3)16(4)15-10/h7,11H,5-6,8H2,1-4H3,(H2,13,14,15,17). The summed E-state index contributed by atoms with van der Waals surface area (Å²) in [6, 6.07) is 1.46. The van der Waals surface area contributed by atoms with Gasteiger partial charge in [-0.25, -0.2) is 4.79 Å². The molecule has 1 aromatic rings. The Balaban J connectivity index is 2.37. The Bertz CT molecular complexity index is 380. The first-order valence-corrected chi connectivity index (χ1v) is 6.35.